The van der Waals surface area contributed by atoms with E-state index in [9.17, 15) is 9.59 Å². The van der Waals surface area contributed by atoms with Crippen LogP contribution in [0.5, 0.6) is 5.75 Å². The molecule has 0 fully saturated rings. The predicted octanol–water partition coefficient (Wildman–Crippen LogP) is 4.95. The molecule has 178 valence electrons. The second-order valence-corrected chi connectivity index (χ2v) is 9.12. The van der Waals surface area contributed by atoms with E-state index in [-0.39, 0.29) is 5.91 Å². The molecule has 0 spiro atoms. The number of rotatable bonds is 9. The van der Waals surface area contributed by atoms with Crippen molar-refractivity contribution in [1.82, 2.24) is 20.8 Å². The SMILES string of the molecule is O=C(NO)Sc1ccc(OCCNC(=O)c2ccc(-c3cnc(Nc4ccncc4)s3)cc2)cc1. The zero-order valence-corrected chi connectivity index (χ0v) is 19.9. The summed E-state index contributed by atoms with van der Waals surface area (Å²) in [6.45, 7) is 0.629. The summed E-state index contributed by atoms with van der Waals surface area (Å²) in [6.07, 6.45) is 5.23. The minimum absolute atomic E-state index is 0.189. The summed E-state index contributed by atoms with van der Waals surface area (Å²) in [6, 6.07) is 17.9. The smallest absolute Gasteiger partial charge is 0.307 e. The highest BCUT2D eigenvalue weighted by molar-refractivity contribution is 8.13. The van der Waals surface area contributed by atoms with Crippen LogP contribution < -0.4 is 20.9 Å². The molecule has 0 saturated carbocycles. The zero-order chi connectivity index (χ0) is 24.5. The van der Waals surface area contributed by atoms with Gasteiger partial charge in [0, 0.05) is 34.7 Å². The highest BCUT2D eigenvalue weighted by Gasteiger charge is 2.09. The lowest BCUT2D eigenvalue weighted by Crippen LogP contribution is -2.28. The van der Waals surface area contributed by atoms with Gasteiger partial charge >= 0.3 is 5.24 Å². The number of carbonyl (C=O) groups excluding carboxylic acids is 2. The van der Waals surface area contributed by atoms with Crippen LogP contribution >= 0.6 is 23.1 Å². The lowest BCUT2D eigenvalue weighted by Gasteiger charge is -2.09. The van der Waals surface area contributed by atoms with Crippen LogP contribution in [0.2, 0.25) is 0 Å². The number of thioether (sulfide) groups is 1. The van der Waals surface area contributed by atoms with Crippen LogP contribution in [0.15, 0.2) is 84.1 Å². The number of anilines is 2. The Morgan fingerprint density at radius 1 is 1.00 bits per heavy atom. The van der Waals surface area contributed by atoms with E-state index in [1.54, 1.807) is 60.5 Å². The number of hydrogen-bond donors (Lipinski definition) is 4. The molecule has 9 nitrogen and oxygen atoms in total. The number of nitrogens with one attached hydrogen (secondary N) is 3. The van der Waals surface area contributed by atoms with Gasteiger partial charge in [0.05, 0.1) is 11.4 Å². The molecular formula is C24H21N5O4S2. The van der Waals surface area contributed by atoms with Gasteiger partial charge in [0.15, 0.2) is 5.13 Å². The second-order valence-electron chi connectivity index (χ2n) is 7.04. The summed E-state index contributed by atoms with van der Waals surface area (Å²) >= 11 is 2.38. The molecule has 0 aliphatic rings. The van der Waals surface area contributed by atoms with Gasteiger partial charge in [-0.1, -0.05) is 23.5 Å². The largest absolute Gasteiger partial charge is 0.492 e. The number of hydroxylamine groups is 1. The summed E-state index contributed by atoms with van der Waals surface area (Å²) in [7, 11) is 0. The third-order valence-electron chi connectivity index (χ3n) is 4.65. The molecule has 35 heavy (non-hydrogen) atoms. The monoisotopic (exact) mass is 507 g/mol. The van der Waals surface area contributed by atoms with Crippen LogP contribution in [-0.2, 0) is 0 Å². The van der Waals surface area contributed by atoms with E-state index < -0.39 is 5.24 Å². The molecule has 2 heterocycles. The standard InChI is InChI=1S/C24H21N5O4S2/c30-22(26-13-14-33-19-5-7-20(8-6-19)34-24(31)29-32)17-3-1-16(2-4-17)21-15-27-23(35-21)28-18-9-11-25-12-10-18/h1-12,15,32H,13-14H2,(H,26,30)(H,29,31)(H,25,27,28). The van der Waals surface area contributed by atoms with Gasteiger partial charge < -0.3 is 15.4 Å². The molecule has 0 radical (unpaired) electrons. The Hall–Kier alpha value is -3.93. The molecular weight excluding hydrogens is 486 g/mol. The molecule has 0 aliphatic heterocycles. The molecule has 0 aliphatic carbocycles. The van der Waals surface area contributed by atoms with E-state index in [1.165, 1.54) is 11.3 Å². The Morgan fingerprint density at radius 2 is 1.74 bits per heavy atom. The van der Waals surface area contributed by atoms with Gasteiger partial charge in [-0.2, -0.15) is 0 Å². The lowest BCUT2D eigenvalue weighted by atomic mass is 10.1. The third kappa shape index (κ3) is 7.03. The van der Waals surface area contributed by atoms with Crippen molar-refractivity contribution >= 4 is 45.1 Å². The van der Waals surface area contributed by atoms with Crippen LogP contribution in [0, 0.1) is 0 Å². The molecule has 2 amide bonds. The number of ether oxygens (including phenoxy) is 1. The van der Waals surface area contributed by atoms with E-state index in [2.05, 4.69) is 20.6 Å². The van der Waals surface area contributed by atoms with Gasteiger partial charge in [-0.3, -0.25) is 19.8 Å². The fourth-order valence-corrected chi connectivity index (χ4v) is 4.35. The predicted molar refractivity (Wildman–Crippen MR) is 136 cm³/mol. The van der Waals surface area contributed by atoms with Crippen LogP contribution in [0.1, 0.15) is 10.4 Å². The van der Waals surface area contributed by atoms with E-state index in [0.29, 0.717) is 29.4 Å². The maximum atomic E-state index is 12.4. The summed E-state index contributed by atoms with van der Waals surface area (Å²) in [5.41, 5.74) is 4.00. The van der Waals surface area contributed by atoms with E-state index >= 15 is 0 Å². The number of thiazole rings is 1. The number of carbonyl (C=O) groups is 2. The minimum atomic E-state index is -0.566. The highest BCUT2D eigenvalue weighted by Crippen LogP contribution is 2.30. The number of amides is 2. The van der Waals surface area contributed by atoms with Crippen molar-refractivity contribution < 1.29 is 19.5 Å². The molecule has 4 rings (SSSR count). The van der Waals surface area contributed by atoms with Gasteiger partial charge in [0.1, 0.15) is 12.4 Å². The molecule has 2 aromatic carbocycles. The van der Waals surface area contributed by atoms with E-state index in [4.69, 9.17) is 9.94 Å². The van der Waals surface area contributed by atoms with Gasteiger partial charge in [-0.25, -0.2) is 10.5 Å². The number of nitrogens with zero attached hydrogens (tertiary/aromatic N) is 2. The Kier molecular flexibility index (Phi) is 8.28. The first kappa shape index (κ1) is 24.2. The molecule has 2 aromatic heterocycles. The fraction of sp³-hybridized carbons (Fsp3) is 0.0833. The topological polar surface area (TPSA) is 125 Å². The number of benzene rings is 2. The van der Waals surface area contributed by atoms with Crippen LogP contribution in [0.4, 0.5) is 15.6 Å². The third-order valence-corrected chi connectivity index (χ3v) is 6.40. The van der Waals surface area contributed by atoms with Crippen LogP contribution in [-0.4, -0.2) is 39.5 Å². The molecule has 0 saturated heterocycles. The number of pyridine rings is 1. The second kappa shape index (κ2) is 12.0. The van der Waals surface area contributed by atoms with Crippen LogP contribution in [0.25, 0.3) is 10.4 Å². The number of hydrogen-bond acceptors (Lipinski definition) is 9. The van der Waals surface area contributed by atoms with E-state index in [1.807, 2.05) is 24.3 Å². The first-order valence-corrected chi connectivity index (χ1v) is 12.1. The van der Waals surface area contributed by atoms with Crippen molar-refractivity contribution in [2.75, 3.05) is 18.5 Å². The minimum Gasteiger partial charge on any atom is -0.492 e. The first-order chi connectivity index (χ1) is 17.1. The van der Waals surface area contributed by atoms with Crippen LogP contribution in [0.3, 0.4) is 0 Å². The van der Waals surface area contributed by atoms with Gasteiger partial charge in [0.2, 0.25) is 0 Å². The summed E-state index contributed by atoms with van der Waals surface area (Å²) in [5.74, 6) is 0.422. The van der Waals surface area contributed by atoms with E-state index in [0.717, 1.165) is 33.0 Å². The van der Waals surface area contributed by atoms with Crippen molar-refractivity contribution in [2.24, 2.45) is 0 Å². The normalized spacial score (nSPS) is 10.4. The number of aromatic nitrogens is 2. The van der Waals surface area contributed by atoms with Crippen molar-refractivity contribution in [2.45, 2.75) is 4.90 Å². The summed E-state index contributed by atoms with van der Waals surface area (Å²) < 4.78 is 5.61. The highest BCUT2D eigenvalue weighted by atomic mass is 32.2. The zero-order valence-electron chi connectivity index (χ0n) is 18.3. The molecule has 4 aromatic rings. The van der Waals surface area contributed by atoms with Crippen molar-refractivity contribution in [3.8, 4) is 16.2 Å². The maximum Gasteiger partial charge on any atom is 0.307 e. The Labute approximate surface area is 209 Å². The van der Waals surface area contributed by atoms with Crippen molar-refractivity contribution in [3.05, 3.63) is 84.8 Å². The Bertz CT molecular complexity index is 1270. The summed E-state index contributed by atoms with van der Waals surface area (Å²) in [4.78, 5) is 33.6. The molecule has 4 N–H and O–H groups in total. The Balaban J connectivity index is 1.23. The van der Waals surface area contributed by atoms with Gasteiger partial charge in [-0.05, 0) is 65.9 Å². The van der Waals surface area contributed by atoms with Gasteiger partial charge in [0.25, 0.3) is 5.91 Å². The fourth-order valence-electron chi connectivity index (χ4n) is 2.98. The maximum absolute atomic E-state index is 12.4. The quantitative estimate of drug-likeness (QED) is 0.109. The molecule has 0 unspecified atom stereocenters. The van der Waals surface area contributed by atoms with Crippen molar-refractivity contribution in [1.29, 1.82) is 0 Å². The Morgan fingerprint density at radius 3 is 2.46 bits per heavy atom. The summed E-state index contributed by atoms with van der Waals surface area (Å²) in [5, 5.41) is 14.8. The average Bonchev–Trinajstić information content (AvgIpc) is 3.36. The average molecular weight is 508 g/mol. The molecule has 0 atom stereocenters. The molecule has 11 heteroatoms. The van der Waals surface area contributed by atoms with Crippen molar-refractivity contribution in [3.63, 3.8) is 0 Å². The van der Waals surface area contributed by atoms with Gasteiger partial charge in [-0.15, -0.1) is 0 Å². The lowest BCUT2D eigenvalue weighted by molar-refractivity contribution is 0.0947. The first-order valence-electron chi connectivity index (χ1n) is 10.5. The molecule has 0 bridgehead atoms.